The molecule has 1 aliphatic rings. The summed E-state index contributed by atoms with van der Waals surface area (Å²) in [6.45, 7) is 3.21. The van der Waals surface area contributed by atoms with Crippen molar-refractivity contribution in [3.8, 4) is 0 Å². The van der Waals surface area contributed by atoms with Gasteiger partial charge in [-0.05, 0) is 13.0 Å². The normalized spacial score (nSPS) is 22.7. The van der Waals surface area contributed by atoms with Gasteiger partial charge in [0.05, 0.1) is 0 Å². The largest absolute Gasteiger partial charge is 0.459 e. The van der Waals surface area contributed by atoms with E-state index in [2.05, 4.69) is 0 Å². The standard InChI is InChI=1S/C13H14O4/c1-9(14)17-13(2)7-3-4-10-5-6-12(15)16-11(10)8-13/h3-6H,7-8H2,1-2H3. The monoisotopic (exact) mass is 234 g/mol. The number of carbonyl (C=O) groups is 1. The molecule has 0 aromatic carbocycles. The first kappa shape index (κ1) is 11.6. The molecule has 1 unspecified atom stereocenters. The number of rotatable bonds is 1. The lowest BCUT2D eigenvalue weighted by Gasteiger charge is -2.26. The molecule has 90 valence electrons. The first-order valence-electron chi connectivity index (χ1n) is 5.48. The molecule has 0 bridgehead atoms. The lowest BCUT2D eigenvalue weighted by molar-refractivity contribution is -0.155. The Morgan fingerprint density at radius 2 is 2.24 bits per heavy atom. The first-order valence-corrected chi connectivity index (χ1v) is 5.48. The molecular weight excluding hydrogens is 220 g/mol. The summed E-state index contributed by atoms with van der Waals surface area (Å²) in [5, 5.41) is 0. The quantitative estimate of drug-likeness (QED) is 0.696. The van der Waals surface area contributed by atoms with Gasteiger partial charge in [0.25, 0.3) is 0 Å². The van der Waals surface area contributed by atoms with Crippen molar-refractivity contribution in [1.82, 2.24) is 0 Å². The molecule has 1 aromatic heterocycles. The molecule has 0 aliphatic heterocycles. The number of ether oxygens (including phenoxy) is 1. The van der Waals surface area contributed by atoms with Crippen LogP contribution in [0.15, 0.2) is 27.4 Å². The SMILES string of the molecule is CC(=O)OC1(C)CC=Cc2ccc(=O)oc2C1. The second-order valence-electron chi connectivity index (χ2n) is 4.46. The molecular formula is C13H14O4. The topological polar surface area (TPSA) is 56.5 Å². The van der Waals surface area contributed by atoms with Gasteiger partial charge in [0, 0.05) is 31.4 Å². The van der Waals surface area contributed by atoms with E-state index in [4.69, 9.17) is 9.15 Å². The summed E-state index contributed by atoms with van der Waals surface area (Å²) in [5.41, 5.74) is -0.171. The third-order valence-electron chi connectivity index (χ3n) is 2.72. The Kier molecular flexibility index (Phi) is 2.88. The van der Waals surface area contributed by atoms with Gasteiger partial charge in [0.15, 0.2) is 0 Å². The van der Waals surface area contributed by atoms with Crippen molar-refractivity contribution < 1.29 is 13.9 Å². The minimum atomic E-state index is -0.648. The van der Waals surface area contributed by atoms with E-state index < -0.39 is 5.60 Å². The van der Waals surface area contributed by atoms with E-state index >= 15 is 0 Å². The lowest BCUT2D eigenvalue weighted by Crippen LogP contribution is -2.32. The number of carbonyl (C=O) groups excluding carboxylic acids is 1. The van der Waals surface area contributed by atoms with E-state index in [0.717, 1.165) is 5.56 Å². The molecule has 1 aromatic rings. The molecule has 1 aliphatic carbocycles. The number of esters is 1. The van der Waals surface area contributed by atoms with Crippen LogP contribution in [0, 0.1) is 0 Å². The highest BCUT2D eigenvalue weighted by Gasteiger charge is 2.30. The second-order valence-corrected chi connectivity index (χ2v) is 4.46. The Bertz CT molecular complexity index is 526. The minimum Gasteiger partial charge on any atom is -0.459 e. The maximum atomic E-state index is 11.2. The van der Waals surface area contributed by atoms with Crippen LogP contribution in [0.2, 0.25) is 0 Å². The van der Waals surface area contributed by atoms with Gasteiger partial charge in [0.2, 0.25) is 0 Å². The van der Waals surface area contributed by atoms with Crippen molar-refractivity contribution in [1.29, 1.82) is 0 Å². The molecule has 1 heterocycles. The fourth-order valence-electron chi connectivity index (χ4n) is 2.02. The van der Waals surface area contributed by atoms with Gasteiger partial charge in [-0.15, -0.1) is 0 Å². The van der Waals surface area contributed by atoms with Crippen molar-refractivity contribution >= 4 is 12.0 Å². The van der Waals surface area contributed by atoms with Crippen LogP contribution in [-0.4, -0.2) is 11.6 Å². The smallest absolute Gasteiger partial charge is 0.335 e. The van der Waals surface area contributed by atoms with Crippen LogP contribution in [-0.2, 0) is 16.0 Å². The third-order valence-corrected chi connectivity index (χ3v) is 2.72. The van der Waals surface area contributed by atoms with Gasteiger partial charge < -0.3 is 9.15 Å². The van der Waals surface area contributed by atoms with E-state index in [1.807, 2.05) is 19.1 Å². The predicted octanol–water partition coefficient (Wildman–Crippen LogP) is 1.92. The summed E-state index contributed by atoms with van der Waals surface area (Å²) in [5.74, 6) is 0.234. The van der Waals surface area contributed by atoms with Crippen molar-refractivity contribution in [3.63, 3.8) is 0 Å². The maximum absolute atomic E-state index is 11.2. The fourth-order valence-corrected chi connectivity index (χ4v) is 2.02. The van der Waals surface area contributed by atoms with Gasteiger partial charge in [0.1, 0.15) is 11.4 Å². The molecule has 2 rings (SSSR count). The van der Waals surface area contributed by atoms with Gasteiger partial charge in [-0.1, -0.05) is 12.2 Å². The number of fused-ring (bicyclic) bond motifs is 1. The van der Waals surface area contributed by atoms with Gasteiger partial charge in [-0.2, -0.15) is 0 Å². The van der Waals surface area contributed by atoms with Crippen LogP contribution in [0.3, 0.4) is 0 Å². The molecule has 4 nitrogen and oxygen atoms in total. The van der Waals surface area contributed by atoms with E-state index in [0.29, 0.717) is 18.6 Å². The summed E-state index contributed by atoms with van der Waals surface area (Å²) < 4.78 is 10.5. The fraction of sp³-hybridized carbons (Fsp3) is 0.385. The zero-order valence-electron chi connectivity index (χ0n) is 9.86. The molecule has 0 saturated carbocycles. The summed E-state index contributed by atoms with van der Waals surface area (Å²) in [4.78, 5) is 22.3. The molecule has 0 N–H and O–H groups in total. The number of hydrogen-bond acceptors (Lipinski definition) is 4. The Labute approximate surface area is 98.9 Å². The van der Waals surface area contributed by atoms with Crippen molar-refractivity contribution in [2.24, 2.45) is 0 Å². The van der Waals surface area contributed by atoms with Crippen LogP contribution < -0.4 is 5.63 Å². The maximum Gasteiger partial charge on any atom is 0.335 e. The zero-order valence-corrected chi connectivity index (χ0v) is 9.86. The second kappa shape index (κ2) is 4.20. The predicted molar refractivity (Wildman–Crippen MR) is 62.5 cm³/mol. The van der Waals surface area contributed by atoms with E-state index in [-0.39, 0.29) is 11.6 Å². The average molecular weight is 234 g/mol. The van der Waals surface area contributed by atoms with Gasteiger partial charge in [-0.25, -0.2) is 4.79 Å². The van der Waals surface area contributed by atoms with Crippen LogP contribution in [0.1, 0.15) is 31.6 Å². The zero-order chi connectivity index (χ0) is 12.5. The highest BCUT2D eigenvalue weighted by molar-refractivity contribution is 5.66. The lowest BCUT2D eigenvalue weighted by atomic mass is 9.97. The summed E-state index contributed by atoms with van der Waals surface area (Å²) >= 11 is 0. The van der Waals surface area contributed by atoms with E-state index in [1.54, 1.807) is 6.07 Å². The molecule has 0 fully saturated rings. The van der Waals surface area contributed by atoms with Crippen LogP contribution in [0.25, 0.3) is 6.08 Å². The van der Waals surface area contributed by atoms with Crippen LogP contribution in [0.5, 0.6) is 0 Å². The van der Waals surface area contributed by atoms with Gasteiger partial charge >= 0.3 is 11.6 Å². The Morgan fingerprint density at radius 3 is 2.94 bits per heavy atom. The summed E-state index contributed by atoms with van der Waals surface area (Å²) in [6, 6.07) is 3.11. The Morgan fingerprint density at radius 1 is 1.47 bits per heavy atom. The van der Waals surface area contributed by atoms with Crippen molar-refractivity contribution in [3.05, 3.63) is 40.0 Å². The Hall–Kier alpha value is -1.84. The highest BCUT2D eigenvalue weighted by atomic mass is 16.6. The van der Waals surface area contributed by atoms with Crippen molar-refractivity contribution in [2.75, 3.05) is 0 Å². The summed E-state index contributed by atoms with van der Waals surface area (Å²) in [7, 11) is 0. The van der Waals surface area contributed by atoms with E-state index in [1.165, 1.54) is 13.0 Å². The van der Waals surface area contributed by atoms with Crippen LogP contribution >= 0.6 is 0 Å². The average Bonchev–Trinajstić information content (AvgIpc) is 2.34. The van der Waals surface area contributed by atoms with Crippen molar-refractivity contribution in [2.45, 2.75) is 32.3 Å². The minimum absolute atomic E-state index is 0.331. The molecule has 4 heteroatoms. The molecule has 1 atom stereocenters. The molecule has 0 radical (unpaired) electrons. The Balaban J connectivity index is 2.38. The third kappa shape index (κ3) is 2.64. The highest BCUT2D eigenvalue weighted by Crippen LogP contribution is 2.27. The van der Waals surface area contributed by atoms with Gasteiger partial charge in [-0.3, -0.25) is 4.79 Å². The first-order chi connectivity index (χ1) is 7.98. The number of hydrogen-bond donors (Lipinski definition) is 0. The molecule has 0 amide bonds. The molecule has 0 spiro atoms. The summed E-state index contributed by atoms with van der Waals surface area (Å²) in [6.07, 6.45) is 4.82. The van der Waals surface area contributed by atoms with Crippen LogP contribution in [0.4, 0.5) is 0 Å². The van der Waals surface area contributed by atoms with E-state index in [9.17, 15) is 9.59 Å². The molecule has 17 heavy (non-hydrogen) atoms. The molecule has 0 saturated heterocycles.